The molecule has 1 atom stereocenters. The molecular weight excluding hydrogens is 430 g/mol. The fraction of sp³-hybridized carbons (Fsp3) is 0.630. The lowest BCUT2D eigenvalue weighted by Gasteiger charge is -2.32. The van der Waals surface area contributed by atoms with Crippen molar-refractivity contribution >= 4 is 16.8 Å². The van der Waals surface area contributed by atoms with E-state index >= 15 is 0 Å². The summed E-state index contributed by atoms with van der Waals surface area (Å²) in [5.41, 5.74) is 1.08. The molecule has 4 rings (SSSR count). The molecule has 0 radical (unpaired) electrons. The van der Waals surface area contributed by atoms with Gasteiger partial charge in [0, 0.05) is 37.2 Å². The minimum atomic E-state index is -0.0655. The molecule has 0 spiro atoms. The maximum atomic E-state index is 13.7. The van der Waals surface area contributed by atoms with Crippen molar-refractivity contribution in [3.8, 4) is 11.5 Å². The predicted molar refractivity (Wildman–Crippen MR) is 134 cm³/mol. The number of pyridine rings is 1. The van der Waals surface area contributed by atoms with Crippen LogP contribution in [-0.2, 0) is 4.74 Å². The summed E-state index contributed by atoms with van der Waals surface area (Å²) in [7, 11) is 1.65. The minimum Gasteiger partial charge on any atom is -0.491 e. The van der Waals surface area contributed by atoms with E-state index in [0.717, 1.165) is 24.9 Å². The van der Waals surface area contributed by atoms with E-state index in [-0.39, 0.29) is 18.0 Å². The number of rotatable bonds is 10. The van der Waals surface area contributed by atoms with Gasteiger partial charge in [0.25, 0.3) is 5.91 Å². The third-order valence-electron chi connectivity index (χ3n) is 6.95. The first kappa shape index (κ1) is 24.7. The Morgan fingerprint density at radius 1 is 1.12 bits per heavy atom. The van der Waals surface area contributed by atoms with Gasteiger partial charge in [0.2, 0.25) is 0 Å². The highest BCUT2D eigenvalue weighted by molar-refractivity contribution is 5.98. The van der Waals surface area contributed by atoms with Gasteiger partial charge in [0.05, 0.1) is 13.2 Å². The molecule has 34 heavy (non-hydrogen) atoms. The van der Waals surface area contributed by atoms with Gasteiger partial charge >= 0.3 is 0 Å². The molecule has 1 aliphatic carbocycles. The molecule has 1 aliphatic heterocycles. The Balaban J connectivity index is 1.68. The third kappa shape index (κ3) is 5.81. The Hall–Kier alpha value is -2.38. The quantitative estimate of drug-likeness (QED) is 0.519. The predicted octanol–water partition coefficient (Wildman–Crippen LogP) is 4.43. The van der Waals surface area contributed by atoms with Crippen molar-refractivity contribution in [1.82, 2.24) is 15.2 Å². The first-order valence-corrected chi connectivity index (χ1v) is 12.8. The summed E-state index contributed by atoms with van der Waals surface area (Å²) in [6.07, 6.45) is 7.25. The molecule has 7 heteroatoms. The lowest BCUT2D eigenvalue weighted by Crippen LogP contribution is -2.46. The summed E-state index contributed by atoms with van der Waals surface area (Å²) < 4.78 is 17.5. The Morgan fingerprint density at radius 3 is 2.65 bits per heavy atom. The van der Waals surface area contributed by atoms with Gasteiger partial charge in [-0.15, -0.1) is 0 Å². The van der Waals surface area contributed by atoms with Crippen LogP contribution in [0.3, 0.4) is 0 Å². The normalized spacial score (nSPS) is 19.0. The van der Waals surface area contributed by atoms with Gasteiger partial charge in [-0.25, -0.2) is 4.98 Å². The third-order valence-corrected chi connectivity index (χ3v) is 6.95. The number of carbonyl (C=O) groups is 1. The van der Waals surface area contributed by atoms with Crippen LogP contribution in [0.4, 0.5) is 0 Å². The number of para-hydroxylation sites is 1. The number of nitrogens with one attached hydrogen (secondary N) is 1. The van der Waals surface area contributed by atoms with Crippen molar-refractivity contribution in [2.75, 3.05) is 40.0 Å². The van der Waals surface area contributed by atoms with Gasteiger partial charge in [0.1, 0.15) is 29.3 Å². The van der Waals surface area contributed by atoms with E-state index < -0.39 is 0 Å². The highest BCUT2D eigenvalue weighted by Gasteiger charge is 2.31. The van der Waals surface area contributed by atoms with Gasteiger partial charge in [-0.2, -0.15) is 0 Å². The molecule has 2 aromatic rings. The zero-order chi connectivity index (χ0) is 23.9. The number of hydrogen-bond donors (Lipinski definition) is 1. The smallest absolute Gasteiger partial charge is 0.273 e. The summed E-state index contributed by atoms with van der Waals surface area (Å²) in [6, 6.07) is 7.92. The molecule has 1 amide bonds. The van der Waals surface area contributed by atoms with Crippen LogP contribution in [0.25, 0.3) is 10.9 Å². The lowest BCUT2D eigenvalue weighted by atomic mass is 9.90. The van der Waals surface area contributed by atoms with Crippen molar-refractivity contribution in [3.63, 3.8) is 0 Å². The maximum Gasteiger partial charge on any atom is 0.273 e. The van der Waals surface area contributed by atoms with Crippen LogP contribution in [0.2, 0.25) is 0 Å². The van der Waals surface area contributed by atoms with E-state index in [1.807, 2.05) is 23.1 Å². The number of aromatic nitrogens is 1. The van der Waals surface area contributed by atoms with Crippen LogP contribution < -0.4 is 14.8 Å². The first-order valence-electron chi connectivity index (χ1n) is 12.8. The molecule has 1 aromatic heterocycles. The van der Waals surface area contributed by atoms with Crippen molar-refractivity contribution < 1.29 is 19.0 Å². The number of methoxy groups -OCH3 is 1. The molecule has 186 valence electrons. The average molecular weight is 470 g/mol. The summed E-state index contributed by atoms with van der Waals surface area (Å²) in [5.74, 6) is 1.87. The molecule has 7 nitrogen and oxygen atoms in total. The van der Waals surface area contributed by atoms with Gasteiger partial charge in [-0.05, 0) is 57.7 Å². The van der Waals surface area contributed by atoms with Crippen molar-refractivity contribution in [2.24, 2.45) is 5.92 Å². The molecule has 0 unspecified atom stereocenters. The average Bonchev–Trinajstić information content (AvgIpc) is 3.37. The van der Waals surface area contributed by atoms with Gasteiger partial charge in [-0.3, -0.25) is 4.79 Å². The molecule has 0 bridgehead atoms. The Labute approximate surface area is 203 Å². The fourth-order valence-electron chi connectivity index (χ4n) is 5.16. The van der Waals surface area contributed by atoms with Gasteiger partial charge in [-0.1, -0.05) is 25.3 Å². The zero-order valence-electron chi connectivity index (χ0n) is 20.8. The standard InChI is InChI=1S/C27H39N3O4/c1-19(2)30(21-12-13-28-17-21)27(31)23-16-25(33-15-14-32-3)22-10-7-11-24(26(22)29-23)34-18-20-8-5-4-6-9-20/h7,10-11,16,19-21,28H,4-6,8-9,12-15,17-18H2,1-3H3/t21-/m0/s1. The van der Waals surface area contributed by atoms with Crippen molar-refractivity contribution in [2.45, 2.75) is 64.5 Å². The molecule has 1 saturated carbocycles. The van der Waals surface area contributed by atoms with E-state index in [1.165, 1.54) is 32.1 Å². The van der Waals surface area contributed by atoms with E-state index in [2.05, 4.69) is 19.2 Å². The topological polar surface area (TPSA) is 72.9 Å². The van der Waals surface area contributed by atoms with Gasteiger partial charge < -0.3 is 24.4 Å². The van der Waals surface area contributed by atoms with Crippen molar-refractivity contribution in [1.29, 1.82) is 0 Å². The first-order chi connectivity index (χ1) is 16.6. The molecule has 2 aliphatic rings. The van der Waals surface area contributed by atoms with Crippen LogP contribution in [0.1, 0.15) is 62.9 Å². The molecule has 2 fully saturated rings. The Kier molecular flexibility index (Phi) is 8.62. The SMILES string of the molecule is COCCOc1cc(C(=O)N(C(C)C)[C@H]2CCNC2)nc2c(OCC3CCCCC3)cccc12. The Morgan fingerprint density at radius 2 is 1.94 bits per heavy atom. The Bertz CT molecular complexity index is 952. The second-order valence-corrected chi connectivity index (χ2v) is 9.77. The van der Waals surface area contributed by atoms with E-state index in [1.54, 1.807) is 13.2 Å². The van der Waals surface area contributed by atoms with Crippen LogP contribution >= 0.6 is 0 Å². The van der Waals surface area contributed by atoms with Gasteiger partial charge in [0.15, 0.2) is 0 Å². The molecular formula is C27H39N3O4. The summed E-state index contributed by atoms with van der Waals surface area (Å²) in [5, 5.41) is 4.23. The number of benzene rings is 1. The zero-order valence-corrected chi connectivity index (χ0v) is 20.8. The van der Waals surface area contributed by atoms with E-state index in [4.69, 9.17) is 19.2 Å². The number of amides is 1. The van der Waals surface area contributed by atoms with Crippen LogP contribution in [0, 0.1) is 5.92 Å². The van der Waals surface area contributed by atoms with Crippen LogP contribution in [-0.4, -0.2) is 67.9 Å². The molecule has 2 heterocycles. The second kappa shape index (κ2) is 11.8. The summed E-state index contributed by atoms with van der Waals surface area (Å²) >= 11 is 0. The maximum absolute atomic E-state index is 13.7. The van der Waals surface area contributed by atoms with Crippen LogP contribution in [0.15, 0.2) is 24.3 Å². The second-order valence-electron chi connectivity index (χ2n) is 9.77. The number of fused-ring (bicyclic) bond motifs is 1. The largest absolute Gasteiger partial charge is 0.491 e. The van der Waals surface area contributed by atoms with Crippen LogP contribution in [0.5, 0.6) is 11.5 Å². The number of ether oxygens (including phenoxy) is 3. The number of nitrogens with zero attached hydrogens (tertiary/aromatic N) is 2. The highest BCUT2D eigenvalue weighted by Crippen LogP contribution is 2.34. The minimum absolute atomic E-state index is 0.0655. The number of hydrogen-bond acceptors (Lipinski definition) is 6. The summed E-state index contributed by atoms with van der Waals surface area (Å²) in [6.45, 7) is 7.41. The molecule has 1 saturated heterocycles. The highest BCUT2D eigenvalue weighted by atomic mass is 16.5. The van der Waals surface area contributed by atoms with E-state index in [0.29, 0.717) is 48.4 Å². The number of carbonyl (C=O) groups excluding carboxylic acids is 1. The lowest BCUT2D eigenvalue weighted by molar-refractivity contribution is 0.0620. The summed E-state index contributed by atoms with van der Waals surface area (Å²) in [4.78, 5) is 20.5. The molecule has 1 N–H and O–H groups in total. The molecule has 1 aromatic carbocycles. The fourth-order valence-corrected chi connectivity index (χ4v) is 5.16. The monoisotopic (exact) mass is 469 g/mol. The van der Waals surface area contributed by atoms with Crippen molar-refractivity contribution in [3.05, 3.63) is 30.0 Å². The van der Waals surface area contributed by atoms with E-state index in [9.17, 15) is 4.79 Å².